The van der Waals surface area contributed by atoms with E-state index in [-0.39, 0.29) is 17.9 Å². The molecule has 0 aromatic rings. The monoisotopic (exact) mass is 212 g/mol. The lowest BCUT2D eigenvalue weighted by molar-refractivity contribution is -0.131. The van der Waals surface area contributed by atoms with Gasteiger partial charge in [0.15, 0.2) is 0 Å². The van der Waals surface area contributed by atoms with Gasteiger partial charge >= 0.3 is 0 Å². The molecule has 0 aromatic heterocycles. The van der Waals surface area contributed by atoms with Crippen LogP contribution < -0.4 is 5.32 Å². The number of nitrogens with zero attached hydrogens (tertiary/aromatic N) is 1. The smallest absolute Gasteiger partial charge is 0.222 e. The summed E-state index contributed by atoms with van der Waals surface area (Å²) in [4.78, 5) is 13.7. The van der Waals surface area contributed by atoms with Crippen molar-refractivity contribution in [2.24, 2.45) is 11.8 Å². The summed E-state index contributed by atoms with van der Waals surface area (Å²) in [5, 5.41) is 12.6. The second-order valence-electron chi connectivity index (χ2n) is 4.86. The summed E-state index contributed by atoms with van der Waals surface area (Å²) < 4.78 is 0. The predicted octanol–water partition coefficient (Wildman–Crippen LogP) is -0.175. The standard InChI is InChI=1S/C11H20N2O2/c1-8(14)10-2-3-13(7-10)11(15)4-9-5-12-6-9/h8-10,12,14H,2-7H2,1H3. The molecule has 1 amide bonds. The van der Waals surface area contributed by atoms with Gasteiger partial charge in [-0.2, -0.15) is 0 Å². The summed E-state index contributed by atoms with van der Waals surface area (Å²) in [6.45, 7) is 5.36. The van der Waals surface area contributed by atoms with Gasteiger partial charge in [0.1, 0.15) is 0 Å². The molecule has 15 heavy (non-hydrogen) atoms. The molecule has 4 nitrogen and oxygen atoms in total. The van der Waals surface area contributed by atoms with Crippen molar-refractivity contribution >= 4 is 5.91 Å². The Morgan fingerprint density at radius 3 is 2.80 bits per heavy atom. The van der Waals surface area contributed by atoms with Crippen LogP contribution in [0.1, 0.15) is 19.8 Å². The van der Waals surface area contributed by atoms with Gasteiger partial charge in [0, 0.05) is 25.4 Å². The van der Waals surface area contributed by atoms with E-state index in [0.717, 1.165) is 32.6 Å². The Morgan fingerprint density at radius 1 is 1.60 bits per heavy atom. The van der Waals surface area contributed by atoms with Gasteiger partial charge in [-0.3, -0.25) is 4.79 Å². The molecule has 86 valence electrons. The average Bonchev–Trinajstić information content (AvgIpc) is 2.59. The lowest BCUT2D eigenvalue weighted by atomic mass is 9.99. The zero-order valence-electron chi connectivity index (χ0n) is 9.28. The number of aliphatic hydroxyl groups excluding tert-OH is 1. The highest BCUT2D eigenvalue weighted by molar-refractivity contribution is 5.76. The van der Waals surface area contributed by atoms with Gasteiger partial charge < -0.3 is 15.3 Å². The van der Waals surface area contributed by atoms with E-state index in [4.69, 9.17) is 0 Å². The van der Waals surface area contributed by atoms with Crippen LogP contribution in [-0.4, -0.2) is 48.2 Å². The van der Waals surface area contributed by atoms with Crippen LogP contribution in [0.4, 0.5) is 0 Å². The van der Waals surface area contributed by atoms with Crippen molar-refractivity contribution in [1.29, 1.82) is 0 Å². The van der Waals surface area contributed by atoms with Gasteiger partial charge in [0.25, 0.3) is 0 Å². The topological polar surface area (TPSA) is 52.6 Å². The number of likely N-dealkylation sites (tertiary alicyclic amines) is 1. The Morgan fingerprint density at radius 2 is 2.33 bits per heavy atom. The molecular weight excluding hydrogens is 192 g/mol. The van der Waals surface area contributed by atoms with Crippen LogP contribution >= 0.6 is 0 Å². The number of aliphatic hydroxyl groups is 1. The maximum atomic E-state index is 11.8. The molecule has 0 radical (unpaired) electrons. The normalized spacial score (nSPS) is 28.9. The molecule has 2 saturated heterocycles. The van der Waals surface area contributed by atoms with Gasteiger partial charge in [-0.05, 0) is 32.4 Å². The van der Waals surface area contributed by atoms with Crippen LogP contribution in [0.5, 0.6) is 0 Å². The van der Waals surface area contributed by atoms with E-state index in [9.17, 15) is 9.90 Å². The highest BCUT2D eigenvalue weighted by atomic mass is 16.3. The predicted molar refractivity (Wildman–Crippen MR) is 57.3 cm³/mol. The van der Waals surface area contributed by atoms with Crippen molar-refractivity contribution < 1.29 is 9.90 Å². The number of hydrogen-bond donors (Lipinski definition) is 2. The first-order valence-corrected chi connectivity index (χ1v) is 5.83. The Hall–Kier alpha value is -0.610. The summed E-state index contributed by atoms with van der Waals surface area (Å²) in [5.41, 5.74) is 0. The van der Waals surface area contributed by atoms with Crippen molar-refractivity contribution in [3.63, 3.8) is 0 Å². The maximum Gasteiger partial charge on any atom is 0.222 e. The minimum absolute atomic E-state index is 0.268. The molecule has 2 rings (SSSR count). The lowest BCUT2D eigenvalue weighted by Crippen LogP contribution is -2.45. The first-order chi connectivity index (χ1) is 7.16. The highest BCUT2D eigenvalue weighted by Gasteiger charge is 2.30. The van der Waals surface area contributed by atoms with Gasteiger partial charge in [-0.1, -0.05) is 0 Å². The molecule has 4 heteroatoms. The zero-order valence-corrected chi connectivity index (χ0v) is 9.28. The van der Waals surface area contributed by atoms with E-state index in [1.165, 1.54) is 0 Å². The Kier molecular flexibility index (Phi) is 3.26. The van der Waals surface area contributed by atoms with E-state index in [2.05, 4.69) is 5.32 Å². The first kappa shape index (κ1) is 10.9. The summed E-state index contributed by atoms with van der Waals surface area (Å²) in [7, 11) is 0. The summed E-state index contributed by atoms with van der Waals surface area (Å²) in [6, 6.07) is 0. The third-order valence-corrected chi connectivity index (χ3v) is 3.59. The molecule has 2 N–H and O–H groups in total. The van der Waals surface area contributed by atoms with Gasteiger partial charge in [0.2, 0.25) is 5.91 Å². The van der Waals surface area contributed by atoms with Crippen LogP contribution in [0.15, 0.2) is 0 Å². The van der Waals surface area contributed by atoms with Crippen molar-refractivity contribution in [1.82, 2.24) is 10.2 Å². The van der Waals surface area contributed by atoms with Gasteiger partial charge in [0.05, 0.1) is 6.10 Å². The van der Waals surface area contributed by atoms with E-state index in [1.54, 1.807) is 0 Å². The molecule has 0 aromatic carbocycles. The highest BCUT2D eigenvalue weighted by Crippen LogP contribution is 2.21. The summed E-state index contributed by atoms with van der Waals surface area (Å²) in [6.07, 6.45) is 1.35. The Bertz CT molecular complexity index is 239. The minimum atomic E-state index is -0.284. The zero-order chi connectivity index (χ0) is 10.8. The number of hydrogen-bond acceptors (Lipinski definition) is 3. The number of amides is 1. The largest absolute Gasteiger partial charge is 0.393 e. The molecule has 2 aliphatic rings. The number of rotatable bonds is 3. The van der Waals surface area contributed by atoms with Crippen LogP contribution in [0, 0.1) is 11.8 Å². The van der Waals surface area contributed by atoms with E-state index < -0.39 is 0 Å². The summed E-state index contributed by atoms with van der Waals surface area (Å²) in [5.74, 6) is 1.10. The molecule has 2 unspecified atom stereocenters. The van der Waals surface area contributed by atoms with Crippen LogP contribution in [-0.2, 0) is 4.79 Å². The quantitative estimate of drug-likeness (QED) is 0.682. The van der Waals surface area contributed by atoms with Gasteiger partial charge in [-0.15, -0.1) is 0 Å². The van der Waals surface area contributed by atoms with E-state index in [1.807, 2.05) is 11.8 Å². The second-order valence-corrected chi connectivity index (χ2v) is 4.86. The third-order valence-electron chi connectivity index (χ3n) is 3.59. The lowest BCUT2D eigenvalue weighted by Gasteiger charge is -2.28. The van der Waals surface area contributed by atoms with E-state index >= 15 is 0 Å². The summed E-state index contributed by atoms with van der Waals surface area (Å²) >= 11 is 0. The second kappa shape index (κ2) is 4.49. The van der Waals surface area contributed by atoms with Crippen molar-refractivity contribution in [2.45, 2.75) is 25.9 Å². The fourth-order valence-electron chi connectivity index (χ4n) is 2.28. The van der Waals surface area contributed by atoms with Crippen molar-refractivity contribution in [3.8, 4) is 0 Å². The fraction of sp³-hybridized carbons (Fsp3) is 0.909. The SMILES string of the molecule is CC(O)C1CCN(C(=O)CC2CNC2)C1. The molecule has 0 spiro atoms. The molecule has 0 bridgehead atoms. The molecule has 2 aliphatic heterocycles. The molecule has 0 saturated carbocycles. The number of carbonyl (C=O) groups excluding carboxylic acids is 1. The first-order valence-electron chi connectivity index (χ1n) is 5.83. The van der Waals surface area contributed by atoms with Crippen LogP contribution in [0.25, 0.3) is 0 Å². The molecule has 2 atom stereocenters. The average molecular weight is 212 g/mol. The van der Waals surface area contributed by atoms with Gasteiger partial charge in [-0.25, -0.2) is 0 Å². The maximum absolute atomic E-state index is 11.8. The number of nitrogens with one attached hydrogen (secondary N) is 1. The van der Waals surface area contributed by atoms with Crippen LogP contribution in [0.3, 0.4) is 0 Å². The Labute approximate surface area is 90.6 Å². The minimum Gasteiger partial charge on any atom is -0.393 e. The molecular formula is C11H20N2O2. The van der Waals surface area contributed by atoms with Crippen LogP contribution in [0.2, 0.25) is 0 Å². The molecule has 0 aliphatic carbocycles. The molecule has 2 fully saturated rings. The Balaban J connectivity index is 1.76. The van der Waals surface area contributed by atoms with Crippen molar-refractivity contribution in [3.05, 3.63) is 0 Å². The van der Waals surface area contributed by atoms with E-state index in [0.29, 0.717) is 12.3 Å². The fourth-order valence-corrected chi connectivity index (χ4v) is 2.28. The third kappa shape index (κ3) is 2.49. The van der Waals surface area contributed by atoms with Crippen molar-refractivity contribution in [2.75, 3.05) is 26.2 Å². The number of carbonyl (C=O) groups is 1. The molecule has 2 heterocycles.